The molecule has 5 nitrogen and oxygen atoms in total. The first-order chi connectivity index (χ1) is 11.8. The maximum atomic E-state index is 6.07. The second kappa shape index (κ2) is 5.98. The number of thiazole rings is 1. The van der Waals surface area contributed by atoms with Gasteiger partial charge in [-0.2, -0.15) is 0 Å². The highest BCUT2D eigenvalue weighted by Gasteiger charge is 2.11. The molecular formula is C18H13N2O3S. The molecule has 119 valence electrons. The van der Waals surface area contributed by atoms with Crippen molar-refractivity contribution < 1.29 is 14.2 Å². The molecule has 0 N–H and O–H groups in total. The van der Waals surface area contributed by atoms with Gasteiger partial charge in [-0.1, -0.05) is 0 Å². The summed E-state index contributed by atoms with van der Waals surface area (Å²) in [4.78, 5) is 8.54. The van der Waals surface area contributed by atoms with Crippen LogP contribution in [0.1, 0.15) is 0 Å². The van der Waals surface area contributed by atoms with Crippen LogP contribution >= 0.6 is 11.3 Å². The third-order valence-electron chi connectivity index (χ3n) is 3.69. The molecular weight excluding hydrogens is 324 g/mol. The van der Waals surface area contributed by atoms with Crippen molar-refractivity contribution in [2.24, 2.45) is 0 Å². The van der Waals surface area contributed by atoms with Gasteiger partial charge in [0, 0.05) is 23.7 Å². The van der Waals surface area contributed by atoms with Crippen molar-refractivity contribution in [3.05, 3.63) is 48.1 Å². The average molecular weight is 337 g/mol. The Morgan fingerprint density at radius 3 is 2.58 bits per heavy atom. The van der Waals surface area contributed by atoms with Crippen LogP contribution in [0.15, 0.2) is 42.6 Å². The van der Waals surface area contributed by atoms with Gasteiger partial charge in [-0.15, -0.1) is 11.3 Å². The van der Waals surface area contributed by atoms with E-state index in [1.165, 1.54) is 11.3 Å². The van der Waals surface area contributed by atoms with E-state index in [0.717, 1.165) is 26.9 Å². The van der Waals surface area contributed by atoms with Crippen LogP contribution in [0.4, 0.5) is 0 Å². The molecule has 0 aliphatic rings. The van der Waals surface area contributed by atoms with Crippen LogP contribution in [0.5, 0.6) is 23.0 Å². The summed E-state index contributed by atoms with van der Waals surface area (Å²) < 4.78 is 17.8. The van der Waals surface area contributed by atoms with Gasteiger partial charge in [-0.05, 0) is 24.3 Å². The topological polar surface area (TPSA) is 53.5 Å². The van der Waals surface area contributed by atoms with Crippen molar-refractivity contribution in [3.8, 4) is 23.0 Å². The van der Waals surface area contributed by atoms with Gasteiger partial charge in [0.1, 0.15) is 11.5 Å². The Balaban J connectivity index is 1.80. The lowest BCUT2D eigenvalue weighted by Gasteiger charge is -2.12. The number of hydrogen-bond acceptors (Lipinski definition) is 6. The van der Waals surface area contributed by atoms with Crippen LogP contribution < -0.4 is 14.2 Å². The van der Waals surface area contributed by atoms with E-state index in [0.29, 0.717) is 17.2 Å². The van der Waals surface area contributed by atoms with Gasteiger partial charge in [0.2, 0.25) is 0 Å². The third kappa shape index (κ3) is 2.51. The molecule has 6 heteroatoms. The molecule has 2 aromatic carbocycles. The molecule has 4 aromatic rings. The molecule has 0 saturated carbocycles. The summed E-state index contributed by atoms with van der Waals surface area (Å²) in [6, 6.07) is 11.3. The fraction of sp³-hybridized carbons (Fsp3) is 0.111. The van der Waals surface area contributed by atoms with Crippen LogP contribution in [0, 0.1) is 5.51 Å². The van der Waals surface area contributed by atoms with Crippen molar-refractivity contribution in [3.63, 3.8) is 0 Å². The van der Waals surface area contributed by atoms with Crippen LogP contribution in [-0.4, -0.2) is 24.2 Å². The highest BCUT2D eigenvalue weighted by atomic mass is 32.1. The molecule has 0 fully saturated rings. The van der Waals surface area contributed by atoms with Gasteiger partial charge >= 0.3 is 0 Å². The molecule has 0 spiro atoms. The minimum atomic E-state index is 0.635. The fourth-order valence-corrected chi connectivity index (χ4v) is 3.15. The SMILES string of the molecule is COc1cc2nccc(Oc3ccc4n[c]sc4c3)c2cc1OC. The summed E-state index contributed by atoms with van der Waals surface area (Å²) in [5.41, 5.74) is 4.57. The molecule has 0 saturated heterocycles. The Morgan fingerprint density at radius 2 is 1.75 bits per heavy atom. The lowest BCUT2D eigenvalue weighted by atomic mass is 10.2. The third-order valence-corrected chi connectivity index (χ3v) is 4.42. The van der Waals surface area contributed by atoms with Gasteiger partial charge in [-0.25, -0.2) is 4.98 Å². The van der Waals surface area contributed by atoms with Crippen molar-refractivity contribution in [2.45, 2.75) is 0 Å². The highest BCUT2D eigenvalue weighted by molar-refractivity contribution is 7.16. The van der Waals surface area contributed by atoms with E-state index in [2.05, 4.69) is 15.5 Å². The zero-order valence-electron chi connectivity index (χ0n) is 13.1. The van der Waals surface area contributed by atoms with Crippen LogP contribution in [0.25, 0.3) is 21.1 Å². The van der Waals surface area contributed by atoms with Crippen molar-refractivity contribution in [2.75, 3.05) is 14.2 Å². The fourth-order valence-electron chi connectivity index (χ4n) is 2.52. The first kappa shape index (κ1) is 14.7. The van der Waals surface area contributed by atoms with Gasteiger partial charge < -0.3 is 14.2 Å². The number of ether oxygens (including phenoxy) is 3. The molecule has 0 bridgehead atoms. The molecule has 0 atom stereocenters. The maximum Gasteiger partial charge on any atom is 0.162 e. The number of aromatic nitrogens is 2. The number of methoxy groups -OCH3 is 2. The van der Waals surface area contributed by atoms with E-state index in [4.69, 9.17) is 14.2 Å². The van der Waals surface area contributed by atoms with Crippen LogP contribution in [0.2, 0.25) is 0 Å². The summed E-state index contributed by atoms with van der Waals surface area (Å²) in [6.45, 7) is 0. The molecule has 24 heavy (non-hydrogen) atoms. The number of nitrogens with zero attached hydrogens (tertiary/aromatic N) is 2. The smallest absolute Gasteiger partial charge is 0.162 e. The van der Waals surface area contributed by atoms with E-state index in [-0.39, 0.29) is 0 Å². The zero-order chi connectivity index (χ0) is 16.5. The zero-order valence-corrected chi connectivity index (χ0v) is 13.9. The Hall–Kier alpha value is -2.86. The Morgan fingerprint density at radius 1 is 0.917 bits per heavy atom. The monoisotopic (exact) mass is 337 g/mol. The normalized spacial score (nSPS) is 10.9. The van der Waals surface area contributed by atoms with E-state index < -0.39 is 0 Å². The predicted molar refractivity (Wildman–Crippen MR) is 93.4 cm³/mol. The molecule has 0 amide bonds. The van der Waals surface area contributed by atoms with Gasteiger partial charge in [0.25, 0.3) is 0 Å². The second-order valence-corrected chi connectivity index (χ2v) is 5.90. The number of pyridine rings is 1. The minimum Gasteiger partial charge on any atom is -0.493 e. The number of fused-ring (bicyclic) bond motifs is 2. The average Bonchev–Trinajstić information content (AvgIpc) is 3.08. The first-order valence-corrected chi connectivity index (χ1v) is 8.05. The van der Waals surface area contributed by atoms with Crippen LogP contribution in [0.3, 0.4) is 0 Å². The highest BCUT2D eigenvalue weighted by Crippen LogP contribution is 2.37. The second-order valence-electron chi connectivity index (χ2n) is 5.07. The van der Waals surface area contributed by atoms with Crippen molar-refractivity contribution in [1.29, 1.82) is 0 Å². The number of benzene rings is 2. The van der Waals surface area contributed by atoms with E-state index in [1.807, 2.05) is 36.4 Å². The molecule has 2 aromatic heterocycles. The quantitative estimate of drug-likeness (QED) is 0.550. The molecule has 1 radical (unpaired) electrons. The van der Waals surface area contributed by atoms with E-state index in [1.54, 1.807) is 20.4 Å². The van der Waals surface area contributed by atoms with Gasteiger partial charge in [0.05, 0.1) is 30.0 Å². The molecule has 0 aliphatic heterocycles. The predicted octanol–water partition coefficient (Wildman–Crippen LogP) is 4.45. The lowest BCUT2D eigenvalue weighted by molar-refractivity contribution is 0.355. The molecule has 4 rings (SSSR count). The Kier molecular flexibility index (Phi) is 3.66. The standard InChI is InChI=1S/C18H13N2O3S/c1-21-16-8-12-14(9-17(16)22-2)19-6-5-15(12)23-11-3-4-13-18(7-11)24-10-20-13/h3-9H,1-2H3. The molecule has 2 heterocycles. The van der Waals surface area contributed by atoms with Gasteiger partial charge in [0.15, 0.2) is 17.0 Å². The summed E-state index contributed by atoms with van der Waals surface area (Å²) >= 11 is 1.46. The largest absolute Gasteiger partial charge is 0.493 e. The van der Waals surface area contributed by atoms with Crippen LogP contribution in [-0.2, 0) is 0 Å². The van der Waals surface area contributed by atoms with Gasteiger partial charge in [-0.3, -0.25) is 4.98 Å². The molecule has 0 aliphatic carbocycles. The Labute approximate surface area is 142 Å². The lowest BCUT2D eigenvalue weighted by Crippen LogP contribution is -1.93. The van der Waals surface area contributed by atoms with E-state index in [9.17, 15) is 0 Å². The molecule has 0 unspecified atom stereocenters. The van der Waals surface area contributed by atoms with E-state index >= 15 is 0 Å². The Bertz CT molecular complexity index is 1030. The summed E-state index contributed by atoms with van der Waals surface area (Å²) in [5.74, 6) is 2.71. The summed E-state index contributed by atoms with van der Waals surface area (Å²) in [6.07, 6.45) is 1.71. The minimum absolute atomic E-state index is 0.635. The summed E-state index contributed by atoms with van der Waals surface area (Å²) in [7, 11) is 3.21. The first-order valence-electron chi connectivity index (χ1n) is 7.24. The number of hydrogen-bond donors (Lipinski definition) is 0. The van der Waals surface area contributed by atoms with Crippen molar-refractivity contribution >= 4 is 32.5 Å². The van der Waals surface area contributed by atoms with Crippen molar-refractivity contribution in [1.82, 2.24) is 9.97 Å². The summed E-state index contributed by atoms with van der Waals surface area (Å²) in [5, 5.41) is 0.853. The maximum absolute atomic E-state index is 6.07. The number of rotatable bonds is 4.